The number of piperidine rings is 1. The minimum absolute atomic E-state index is 0.179. The molecule has 0 spiro atoms. The largest absolute Gasteiger partial charge is 0.497 e. The smallest absolute Gasteiger partial charge is 0.118 e. The summed E-state index contributed by atoms with van der Waals surface area (Å²) in [5, 5.41) is 14.1. The monoisotopic (exact) mass is 428 g/mol. The van der Waals surface area contributed by atoms with Gasteiger partial charge in [-0.1, -0.05) is 55.5 Å². The lowest BCUT2D eigenvalue weighted by Gasteiger charge is -2.43. The third-order valence-corrected chi connectivity index (χ3v) is 7.28. The van der Waals surface area contributed by atoms with Crippen LogP contribution < -0.4 is 4.74 Å². The number of fused-ring (bicyclic) bond motifs is 3. The molecule has 0 radical (unpaired) electrons. The van der Waals surface area contributed by atoms with Crippen LogP contribution in [0, 0.1) is 5.92 Å². The van der Waals surface area contributed by atoms with Gasteiger partial charge in [0, 0.05) is 47.4 Å². The molecule has 166 valence electrons. The molecule has 0 saturated carbocycles. The second-order valence-electron chi connectivity index (χ2n) is 9.14. The topological polar surface area (TPSA) is 37.6 Å². The highest BCUT2D eigenvalue weighted by molar-refractivity contribution is 6.07. The first-order chi connectivity index (χ1) is 15.6. The molecule has 2 atom stereocenters. The SMILES string of the molecule is COc1ccc(C2(O)CCN(CCCn3c4ccccc4c4ccccc43)CC2C)cc1. The summed E-state index contributed by atoms with van der Waals surface area (Å²) in [5.74, 6) is 1.00. The van der Waals surface area contributed by atoms with Crippen molar-refractivity contribution in [3.8, 4) is 5.75 Å². The summed E-state index contributed by atoms with van der Waals surface area (Å²) in [4.78, 5) is 2.51. The van der Waals surface area contributed by atoms with Crippen molar-refractivity contribution in [2.45, 2.75) is 31.9 Å². The number of ether oxygens (including phenoxy) is 1. The highest BCUT2D eigenvalue weighted by Crippen LogP contribution is 2.38. The van der Waals surface area contributed by atoms with Crippen LogP contribution in [0.3, 0.4) is 0 Å². The molecule has 4 heteroatoms. The van der Waals surface area contributed by atoms with Crippen LogP contribution in [0.4, 0.5) is 0 Å². The first-order valence-electron chi connectivity index (χ1n) is 11.7. The number of methoxy groups -OCH3 is 1. The van der Waals surface area contributed by atoms with Crippen LogP contribution in [0.2, 0.25) is 0 Å². The number of likely N-dealkylation sites (tertiary alicyclic amines) is 1. The second-order valence-corrected chi connectivity index (χ2v) is 9.14. The number of hydrogen-bond acceptors (Lipinski definition) is 3. The van der Waals surface area contributed by atoms with Crippen LogP contribution in [0.15, 0.2) is 72.8 Å². The standard InChI is InChI=1S/C28H32N2O2/c1-21-20-29(19-16-28(21,31)22-12-14-23(32-2)15-13-22)17-7-18-30-26-10-5-3-8-24(26)25-9-4-6-11-27(25)30/h3-6,8-15,21,31H,7,16-20H2,1-2H3. The molecule has 1 fully saturated rings. The fourth-order valence-corrected chi connectivity index (χ4v) is 5.41. The maximum absolute atomic E-state index is 11.4. The predicted octanol–water partition coefficient (Wildman–Crippen LogP) is 5.42. The number of benzene rings is 3. The van der Waals surface area contributed by atoms with Crippen LogP contribution in [0.5, 0.6) is 5.75 Å². The molecule has 0 aliphatic carbocycles. The summed E-state index contributed by atoms with van der Waals surface area (Å²) in [6.45, 7) is 6.05. The fraction of sp³-hybridized carbons (Fsp3) is 0.357. The van der Waals surface area contributed by atoms with E-state index in [0.717, 1.165) is 50.3 Å². The van der Waals surface area contributed by atoms with Crippen LogP contribution in [-0.2, 0) is 12.1 Å². The van der Waals surface area contributed by atoms with E-state index in [2.05, 4.69) is 64.9 Å². The van der Waals surface area contributed by atoms with E-state index in [4.69, 9.17) is 4.74 Å². The molecule has 0 amide bonds. The van der Waals surface area contributed by atoms with Crippen LogP contribution in [0.1, 0.15) is 25.3 Å². The van der Waals surface area contributed by atoms with Crippen molar-refractivity contribution in [2.24, 2.45) is 5.92 Å². The maximum Gasteiger partial charge on any atom is 0.118 e. The Morgan fingerprint density at radius 1 is 0.906 bits per heavy atom. The highest BCUT2D eigenvalue weighted by Gasteiger charge is 2.40. The third-order valence-electron chi connectivity index (χ3n) is 7.28. The number of rotatable bonds is 6. The lowest BCUT2D eigenvalue weighted by Crippen LogP contribution is -2.49. The van der Waals surface area contributed by atoms with E-state index >= 15 is 0 Å². The zero-order chi connectivity index (χ0) is 22.1. The van der Waals surface area contributed by atoms with E-state index < -0.39 is 5.60 Å². The molecule has 32 heavy (non-hydrogen) atoms. The summed E-state index contributed by atoms with van der Waals surface area (Å²) in [6, 6.07) is 25.3. The maximum atomic E-state index is 11.4. The van der Waals surface area contributed by atoms with E-state index in [-0.39, 0.29) is 5.92 Å². The molecule has 2 heterocycles. The van der Waals surface area contributed by atoms with E-state index in [9.17, 15) is 5.11 Å². The Labute approximate surface area is 190 Å². The van der Waals surface area contributed by atoms with Crippen molar-refractivity contribution in [3.05, 3.63) is 78.4 Å². The van der Waals surface area contributed by atoms with Gasteiger partial charge >= 0.3 is 0 Å². The molecule has 1 aromatic heterocycles. The molecule has 4 aromatic rings. The number of aliphatic hydroxyl groups is 1. The van der Waals surface area contributed by atoms with Gasteiger partial charge in [-0.2, -0.15) is 0 Å². The second kappa shape index (κ2) is 8.61. The van der Waals surface area contributed by atoms with E-state index in [1.807, 2.05) is 24.3 Å². The van der Waals surface area contributed by atoms with Crippen LogP contribution in [-0.4, -0.2) is 41.3 Å². The molecular weight excluding hydrogens is 396 g/mol. The van der Waals surface area contributed by atoms with Crippen LogP contribution in [0.25, 0.3) is 21.8 Å². The number of aryl methyl sites for hydroxylation is 1. The van der Waals surface area contributed by atoms with Crippen LogP contribution >= 0.6 is 0 Å². The van der Waals surface area contributed by atoms with Gasteiger partial charge in [0.15, 0.2) is 0 Å². The molecule has 3 aromatic carbocycles. The van der Waals surface area contributed by atoms with Gasteiger partial charge in [-0.3, -0.25) is 0 Å². The Hall–Kier alpha value is -2.82. The number of hydrogen-bond donors (Lipinski definition) is 1. The Balaban J connectivity index is 1.25. The molecule has 1 N–H and O–H groups in total. The minimum Gasteiger partial charge on any atom is -0.497 e. The lowest BCUT2D eigenvalue weighted by molar-refractivity contribution is -0.0712. The first-order valence-corrected chi connectivity index (χ1v) is 11.7. The van der Waals surface area contributed by atoms with Crippen molar-refractivity contribution < 1.29 is 9.84 Å². The third kappa shape index (κ3) is 3.68. The fourth-order valence-electron chi connectivity index (χ4n) is 5.41. The molecule has 1 saturated heterocycles. The lowest BCUT2D eigenvalue weighted by atomic mass is 9.77. The van der Waals surface area contributed by atoms with E-state index in [1.165, 1.54) is 21.8 Å². The average molecular weight is 429 g/mol. The Morgan fingerprint density at radius 2 is 1.53 bits per heavy atom. The molecule has 4 nitrogen and oxygen atoms in total. The summed E-state index contributed by atoms with van der Waals surface area (Å²) in [5.41, 5.74) is 2.86. The minimum atomic E-state index is -0.768. The highest BCUT2D eigenvalue weighted by atomic mass is 16.5. The van der Waals surface area contributed by atoms with Gasteiger partial charge in [-0.25, -0.2) is 0 Å². The zero-order valence-corrected chi connectivity index (χ0v) is 19.0. The van der Waals surface area contributed by atoms with Gasteiger partial charge in [0.2, 0.25) is 0 Å². The molecule has 2 unspecified atom stereocenters. The normalized spacial score (nSPS) is 21.9. The van der Waals surface area contributed by atoms with Gasteiger partial charge in [0.1, 0.15) is 5.75 Å². The van der Waals surface area contributed by atoms with Gasteiger partial charge in [0.05, 0.1) is 12.7 Å². The summed E-state index contributed by atoms with van der Waals surface area (Å²) in [6.07, 6.45) is 1.85. The zero-order valence-electron chi connectivity index (χ0n) is 19.0. The van der Waals surface area contributed by atoms with Gasteiger partial charge in [0.25, 0.3) is 0 Å². The number of nitrogens with zero attached hydrogens (tertiary/aromatic N) is 2. The molecular formula is C28H32N2O2. The number of aromatic nitrogens is 1. The Bertz CT molecular complexity index is 1160. The number of para-hydroxylation sites is 2. The molecule has 0 bridgehead atoms. The molecule has 5 rings (SSSR count). The van der Waals surface area contributed by atoms with Gasteiger partial charge < -0.3 is 19.3 Å². The summed E-state index contributed by atoms with van der Waals surface area (Å²) in [7, 11) is 1.67. The Morgan fingerprint density at radius 3 is 2.12 bits per heavy atom. The van der Waals surface area contributed by atoms with Crippen molar-refractivity contribution in [1.82, 2.24) is 9.47 Å². The van der Waals surface area contributed by atoms with Gasteiger partial charge in [-0.05, 0) is 49.2 Å². The Kier molecular flexibility index (Phi) is 5.66. The average Bonchev–Trinajstić information content (AvgIpc) is 3.15. The molecule has 1 aliphatic heterocycles. The first kappa shape index (κ1) is 21.0. The van der Waals surface area contributed by atoms with E-state index in [1.54, 1.807) is 7.11 Å². The van der Waals surface area contributed by atoms with Crippen molar-refractivity contribution >= 4 is 21.8 Å². The van der Waals surface area contributed by atoms with Gasteiger partial charge in [-0.15, -0.1) is 0 Å². The van der Waals surface area contributed by atoms with Crippen molar-refractivity contribution in [3.63, 3.8) is 0 Å². The summed E-state index contributed by atoms with van der Waals surface area (Å²) < 4.78 is 7.73. The predicted molar refractivity (Wildman–Crippen MR) is 131 cm³/mol. The summed E-state index contributed by atoms with van der Waals surface area (Å²) >= 11 is 0. The molecule has 1 aliphatic rings. The quantitative estimate of drug-likeness (QED) is 0.445. The van der Waals surface area contributed by atoms with Crippen molar-refractivity contribution in [2.75, 3.05) is 26.7 Å². The van der Waals surface area contributed by atoms with E-state index in [0.29, 0.717) is 0 Å². The van der Waals surface area contributed by atoms with Crippen molar-refractivity contribution in [1.29, 1.82) is 0 Å².